The summed E-state index contributed by atoms with van der Waals surface area (Å²) in [7, 11) is 1.74. The zero-order valence-electron chi connectivity index (χ0n) is 10.7. The maximum Gasteiger partial charge on any atom is 0.0948 e. The van der Waals surface area contributed by atoms with Crippen LogP contribution < -0.4 is 5.73 Å². The van der Waals surface area contributed by atoms with Crippen molar-refractivity contribution in [2.24, 2.45) is 11.1 Å². The molecule has 0 unspecified atom stereocenters. The summed E-state index contributed by atoms with van der Waals surface area (Å²) >= 11 is 0. The molecule has 1 aromatic heterocycles. The molecule has 4 nitrogen and oxygen atoms in total. The lowest BCUT2D eigenvalue weighted by atomic mass is 9.89. The van der Waals surface area contributed by atoms with Crippen molar-refractivity contribution in [3.8, 4) is 0 Å². The number of aromatic nitrogens is 2. The Balaban J connectivity index is 2.68. The first-order valence-electron chi connectivity index (χ1n) is 5.71. The standard InChI is InChI=1S/C12H23N3O/c1-10(13)11-7-14-9-15(11)8-12(2,3)5-6-16-4/h7,9-10H,5-6,8,13H2,1-4H3/t10-/m0/s1. The molecule has 4 heteroatoms. The molecular weight excluding hydrogens is 202 g/mol. The van der Waals surface area contributed by atoms with Crippen LogP contribution in [0.15, 0.2) is 12.5 Å². The predicted octanol–water partition coefficient (Wildman–Crippen LogP) is 1.97. The van der Waals surface area contributed by atoms with Crippen LogP contribution in [0.4, 0.5) is 0 Å². The second-order valence-electron chi connectivity index (χ2n) is 5.14. The Bertz CT molecular complexity index is 318. The molecule has 1 rings (SSSR count). The molecular formula is C12H23N3O. The Morgan fingerprint density at radius 1 is 1.56 bits per heavy atom. The zero-order chi connectivity index (χ0) is 12.2. The van der Waals surface area contributed by atoms with Gasteiger partial charge in [0.25, 0.3) is 0 Å². The third kappa shape index (κ3) is 3.61. The van der Waals surface area contributed by atoms with Crippen LogP contribution in [-0.4, -0.2) is 23.3 Å². The fraction of sp³-hybridized carbons (Fsp3) is 0.750. The first-order valence-corrected chi connectivity index (χ1v) is 5.71. The highest BCUT2D eigenvalue weighted by Crippen LogP contribution is 2.24. The summed E-state index contributed by atoms with van der Waals surface area (Å²) in [6.07, 6.45) is 4.73. The number of methoxy groups -OCH3 is 1. The summed E-state index contributed by atoms with van der Waals surface area (Å²) < 4.78 is 7.26. The van der Waals surface area contributed by atoms with Gasteiger partial charge >= 0.3 is 0 Å². The summed E-state index contributed by atoms with van der Waals surface area (Å²) in [6, 6.07) is 0.0284. The molecule has 0 saturated carbocycles. The Kier molecular flexibility index (Phi) is 4.50. The van der Waals surface area contributed by atoms with E-state index >= 15 is 0 Å². The molecule has 0 fully saturated rings. The minimum absolute atomic E-state index is 0.0284. The van der Waals surface area contributed by atoms with Crippen LogP contribution in [0.3, 0.4) is 0 Å². The van der Waals surface area contributed by atoms with Crippen molar-refractivity contribution in [3.05, 3.63) is 18.2 Å². The zero-order valence-corrected chi connectivity index (χ0v) is 10.7. The van der Waals surface area contributed by atoms with E-state index in [9.17, 15) is 0 Å². The number of ether oxygens (including phenoxy) is 1. The number of rotatable bonds is 6. The summed E-state index contributed by atoms with van der Waals surface area (Å²) in [4.78, 5) is 4.16. The average molecular weight is 225 g/mol. The van der Waals surface area contributed by atoms with Crippen molar-refractivity contribution in [2.75, 3.05) is 13.7 Å². The maximum absolute atomic E-state index is 5.89. The van der Waals surface area contributed by atoms with Crippen LogP contribution in [0.5, 0.6) is 0 Å². The van der Waals surface area contributed by atoms with Gasteiger partial charge in [-0.15, -0.1) is 0 Å². The van der Waals surface area contributed by atoms with Crippen LogP contribution in [0.1, 0.15) is 38.9 Å². The lowest BCUT2D eigenvalue weighted by molar-refractivity contribution is 0.142. The Morgan fingerprint density at radius 3 is 2.81 bits per heavy atom. The van der Waals surface area contributed by atoms with Gasteiger partial charge in [-0.2, -0.15) is 0 Å². The molecule has 0 amide bonds. The molecule has 0 aliphatic rings. The molecule has 0 aromatic carbocycles. The van der Waals surface area contributed by atoms with Gasteiger partial charge in [-0.1, -0.05) is 13.8 Å². The van der Waals surface area contributed by atoms with Crippen molar-refractivity contribution in [2.45, 2.75) is 39.8 Å². The normalized spacial score (nSPS) is 14.1. The van der Waals surface area contributed by atoms with Gasteiger partial charge in [-0.3, -0.25) is 0 Å². The molecule has 0 aliphatic carbocycles. The quantitative estimate of drug-likeness (QED) is 0.805. The van der Waals surface area contributed by atoms with E-state index in [1.54, 1.807) is 7.11 Å². The number of nitrogens with two attached hydrogens (primary N) is 1. The monoisotopic (exact) mass is 225 g/mol. The predicted molar refractivity (Wildman–Crippen MR) is 65.1 cm³/mol. The number of hydrogen-bond acceptors (Lipinski definition) is 3. The molecule has 0 saturated heterocycles. The van der Waals surface area contributed by atoms with E-state index in [0.29, 0.717) is 0 Å². The second kappa shape index (κ2) is 5.46. The summed E-state index contributed by atoms with van der Waals surface area (Å²) in [5.41, 5.74) is 7.18. The van der Waals surface area contributed by atoms with Crippen LogP contribution in [0, 0.1) is 5.41 Å². The molecule has 0 aliphatic heterocycles. The third-order valence-corrected chi connectivity index (χ3v) is 2.79. The first kappa shape index (κ1) is 13.2. The van der Waals surface area contributed by atoms with Crippen molar-refractivity contribution in [3.63, 3.8) is 0 Å². The van der Waals surface area contributed by atoms with Gasteiger partial charge < -0.3 is 15.0 Å². The SMILES string of the molecule is COCCC(C)(C)Cn1cncc1[C@H](C)N. The largest absolute Gasteiger partial charge is 0.385 e. The fourth-order valence-corrected chi connectivity index (χ4v) is 1.76. The summed E-state index contributed by atoms with van der Waals surface area (Å²) in [5.74, 6) is 0. The van der Waals surface area contributed by atoms with E-state index in [-0.39, 0.29) is 11.5 Å². The molecule has 0 radical (unpaired) electrons. The minimum atomic E-state index is 0.0284. The molecule has 16 heavy (non-hydrogen) atoms. The lowest BCUT2D eigenvalue weighted by Crippen LogP contribution is -2.23. The smallest absolute Gasteiger partial charge is 0.0948 e. The van der Waals surface area contributed by atoms with Crippen molar-refractivity contribution >= 4 is 0 Å². The highest BCUT2D eigenvalue weighted by Gasteiger charge is 2.20. The molecule has 0 spiro atoms. The average Bonchev–Trinajstić information content (AvgIpc) is 2.62. The van der Waals surface area contributed by atoms with Crippen LogP contribution >= 0.6 is 0 Å². The molecule has 1 heterocycles. The van der Waals surface area contributed by atoms with E-state index < -0.39 is 0 Å². The van der Waals surface area contributed by atoms with Crippen molar-refractivity contribution < 1.29 is 4.74 Å². The van der Waals surface area contributed by atoms with Gasteiger partial charge in [0.15, 0.2) is 0 Å². The second-order valence-corrected chi connectivity index (χ2v) is 5.14. The molecule has 0 bridgehead atoms. The number of hydrogen-bond donors (Lipinski definition) is 1. The number of nitrogens with zero attached hydrogens (tertiary/aromatic N) is 2. The number of imidazole rings is 1. The van der Waals surface area contributed by atoms with Crippen molar-refractivity contribution in [1.82, 2.24) is 9.55 Å². The van der Waals surface area contributed by atoms with Gasteiger partial charge in [-0.05, 0) is 18.8 Å². The molecule has 1 aromatic rings. The molecule has 2 N–H and O–H groups in total. The molecule has 1 atom stereocenters. The summed E-state index contributed by atoms with van der Waals surface area (Å²) in [5, 5.41) is 0. The first-order chi connectivity index (χ1) is 7.46. The van der Waals surface area contributed by atoms with Crippen LogP contribution in [-0.2, 0) is 11.3 Å². The fourth-order valence-electron chi connectivity index (χ4n) is 1.76. The Hall–Kier alpha value is -0.870. The summed E-state index contributed by atoms with van der Waals surface area (Å²) in [6.45, 7) is 8.16. The van der Waals surface area contributed by atoms with E-state index in [1.807, 2.05) is 19.4 Å². The van der Waals surface area contributed by atoms with E-state index in [2.05, 4.69) is 23.4 Å². The van der Waals surface area contributed by atoms with Gasteiger partial charge in [-0.25, -0.2) is 4.98 Å². The van der Waals surface area contributed by atoms with Gasteiger partial charge in [0.2, 0.25) is 0 Å². The third-order valence-electron chi connectivity index (χ3n) is 2.79. The van der Waals surface area contributed by atoms with Gasteiger partial charge in [0.05, 0.1) is 12.0 Å². The molecule has 92 valence electrons. The lowest BCUT2D eigenvalue weighted by Gasteiger charge is -2.26. The van der Waals surface area contributed by atoms with E-state index in [1.165, 1.54) is 0 Å². The Labute approximate surface area is 97.8 Å². The van der Waals surface area contributed by atoms with E-state index in [4.69, 9.17) is 10.5 Å². The van der Waals surface area contributed by atoms with Crippen LogP contribution in [0.25, 0.3) is 0 Å². The Morgan fingerprint density at radius 2 is 2.25 bits per heavy atom. The highest BCUT2D eigenvalue weighted by atomic mass is 16.5. The minimum Gasteiger partial charge on any atom is -0.385 e. The van der Waals surface area contributed by atoms with Crippen molar-refractivity contribution in [1.29, 1.82) is 0 Å². The van der Waals surface area contributed by atoms with E-state index in [0.717, 1.165) is 25.3 Å². The highest BCUT2D eigenvalue weighted by molar-refractivity contribution is 5.03. The van der Waals surface area contributed by atoms with Gasteiger partial charge in [0.1, 0.15) is 0 Å². The topological polar surface area (TPSA) is 53.1 Å². The van der Waals surface area contributed by atoms with Crippen LogP contribution in [0.2, 0.25) is 0 Å². The maximum atomic E-state index is 5.89. The van der Waals surface area contributed by atoms with Gasteiger partial charge in [0, 0.05) is 32.5 Å².